The predicted molar refractivity (Wildman–Crippen MR) is 62.7 cm³/mol. The Labute approximate surface area is 103 Å². The number of imidazole rings is 1. The van der Waals surface area contributed by atoms with Crippen LogP contribution in [-0.2, 0) is 0 Å². The van der Waals surface area contributed by atoms with E-state index in [1.54, 1.807) is 11.5 Å². The molecule has 1 aromatic rings. The SMILES string of the molecule is Cc1ncc([N+](=O)[O-])n1[C@H]1/C(=N\O)[C@H]2CC[C@H]1C2. The van der Waals surface area contributed by atoms with Crippen molar-refractivity contribution in [1.29, 1.82) is 0 Å². The highest BCUT2D eigenvalue weighted by atomic mass is 16.6. The molecule has 2 saturated carbocycles. The molecule has 1 aromatic heterocycles. The van der Waals surface area contributed by atoms with Crippen molar-refractivity contribution >= 4 is 11.5 Å². The average molecular weight is 250 g/mol. The first-order valence-electron chi connectivity index (χ1n) is 6.03. The van der Waals surface area contributed by atoms with Crippen LogP contribution in [0.1, 0.15) is 31.1 Å². The quantitative estimate of drug-likeness (QED) is 0.492. The second-order valence-corrected chi connectivity index (χ2v) is 5.03. The molecule has 2 aliphatic carbocycles. The Kier molecular flexibility index (Phi) is 2.36. The third-order valence-corrected chi connectivity index (χ3v) is 4.18. The first kappa shape index (κ1) is 11.2. The van der Waals surface area contributed by atoms with Crippen LogP contribution in [0.25, 0.3) is 0 Å². The molecule has 96 valence electrons. The van der Waals surface area contributed by atoms with Crippen LogP contribution in [0.2, 0.25) is 0 Å². The van der Waals surface area contributed by atoms with Crippen molar-refractivity contribution in [3.8, 4) is 0 Å². The van der Waals surface area contributed by atoms with Crippen LogP contribution in [0.4, 0.5) is 5.82 Å². The lowest BCUT2D eigenvalue weighted by molar-refractivity contribution is -0.392. The second-order valence-electron chi connectivity index (χ2n) is 5.03. The number of hydrogen-bond acceptors (Lipinski definition) is 5. The van der Waals surface area contributed by atoms with Crippen molar-refractivity contribution in [2.75, 3.05) is 0 Å². The van der Waals surface area contributed by atoms with E-state index >= 15 is 0 Å². The highest BCUT2D eigenvalue weighted by Gasteiger charge is 2.50. The van der Waals surface area contributed by atoms with Crippen molar-refractivity contribution in [1.82, 2.24) is 9.55 Å². The van der Waals surface area contributed by atoms with Gasteiger partial charge in [-0.15, -0.1) is 0 Å². The molecule has 2 aliphatic rings. The summed E-state index contributed by atoms with van der Waals surface area (Å²) in [5, 5.41) is 23.6. The van der Waals surface area contributed by atoms with Gasteiger partial charge in [-0.05, 0) is 24.2 Å². The molecule has 2 bridgehead atoms. The molecule has 0 aromatic carbocycles. The molecule has 0 amide bonds. The number of nitro groups is 1. The maximum absolute atomic E-state index is 11.0. The molecule has 0 spiro atoms. The largest absolute Gasteiger partial charge is 0.411 e. The van der Waals surface area contributed by atoms with Crippen LogP contribution in [0, 0.1) is 28.9 Å². The summed E-state index contributed by atoms with van der Waals surface area (Å²) in [4.78, 5) is 14.6. The van der Waals surface area contributed by atoms with Crippen LogP contribution in [-0.4, -0.2) is 25.4 Å². The maximum Gasteiger partial charge on any atom is 0.343 e. The van der Waals surface area contributed by atoms with Crippen molar-refractivity contribution in [3.05, 3.63) is 22.1 Å². The van der Waals surface area contributed by atoms with Gasteiger partial charge in [-0.1, -0.05) is 5.16 Å². The van der Waals surface area contributed by atoms with E-state index in [-0.39, 0.29) is 17.8 Å². The standard InChI is InChI=1S/C11H14N4O3/c1-6-12-5-9(15(17)18)14(6)11-8-3-2-7(4-8)10(11)13-16/h5,7-8,11,16H,2-4H2,1H3/b13-10-/t7-,8-,11+/m0/s1. The maximum atomic E-state index is 11.0. The van der Waals surface area contributed by atoms with E-state index in [9.17, 15) is 10.1 Å². The Balaban J connectivity index is 2.10. The van der Waals surface area contributed by atoms with Crippen LogP contribution in [0.3, 0.4) is 0 Å². The average Bonchev–Trinajstić information content (AvgIpc) is 3.00. The first-order chi connectivity index (χ1) is 8.63. The number of aromatic nitrogens is 2. The van der Waals surface area contributed by atoms with Gasteiger partial charge in [0.2, 0.25) is 0 Å². The first-order valence-corrected chi connectivity index (χ1v) is 6.03. The molecule has 0 saturated heterocycles. The minimum absolute atomic E-state index is 0.0220. The Morgan fingerprint density at radius 1 is 1.61 bits per heavy atom. The van der Waals surface area contributed by atoms with Crippen LogP contribution >= 0.6 is 0 Å². The summed E-state index contributed by atoms with van der Waals surface area (Å²) in [5.41, 5.74) is 0.676. The molecule has 3 atom stereocenters. The van der Waals surface area contributed by atoms with Gasteiger partial charge < -0.3 is 15.3 Å². The third-order valence-electron chi connectivity index (χ3n) is 4.18. The number of aryl methyl sites for hydroxylation is 1. The number of nitrogens with zero attached hydrogens (tertiary/aromatic N) is 4. The molecule has 0 aliphatic heterocycles. The van der Waals surface area contributed by atoms with Crippen molar-refractivity contribution in [2.24, 2.45) is 17.0 Å². The van der Waals surface area contributed by atoms with E-state index in [1.807, 2.05) is 0 Å². The number of hydrogen-bond donors (Lipinski definition) is 1. The fourth-order valence-corrected chi connectivity index (χ4v) is 3.46. The topological polar surface area (TPSA) is 93.5 Å². The molecule has 18 heavy (non-hydrogen) atoms. The van der Waals surface area contributed by atoms with Gasteiger partial charge in [0, 0.05) is 18.8 Å². The van der Waals surface area contributed by atoms with Crippen LogP contribution in [0.5, 0.6) is 0 Å². The van der Waals surface area contributed by atoms with E-state index in [0.29, 0.717) is 17.5 Å². The van der Waals surface area contributed by atoms with Crippen molar-refractivity contribution in [3.63, 3.8) is 0 Å². The molecule has 3 rings (SSSR count). The fraction of sp³-hybridized carbons (Fsp3) is 0.636. The zero-order valence-corrected chi connectivity index (χ0v) is 9.98. The second kappa shape index (κ2) is 3.79. The lowest BCUT2D eigenvalue weighted by atomic mass is 9.93. The van der Waals surface area contributed by atoms with Gasteiger partial charge in [0.15, 0.2) is 5.82 Å². The molecule has 0 radical (unpaired) electrons. The Bertz CT molecular complexity index is 536. The van der Waals surface area contributed by atoms with Gasteiger partial charge in [0.1, 0.15) is 18.0 Å². The Morgan fingerprint density at radius 2 is 2.39 bits per heavy atom. The van der Waals surface area contributed by atoms with Gasteiger partial charge in [-0.25, -0.2) is 9.55 Å². The predicted octanol–water partition coefficient (Wildman–Crippen LogP) is 1.90. The highest BCUT2D eigenvalue weighted by molar-refractivity contribution is 5.93. The van der Waals surface area contributed by atoms with E-state index in [2.05, 4.69) is 10.1 Å². The summed E-state index contributed by atoms with van der Waals surface area (Å²) >= 11 is 0. The van der Waals surface area contributed by atoms with Gasteiger partial charge in [0.05, 0.1) is 0 Å². The normalized spacial score (nSPS) is 32.3. The molecule has 7 nitrogen and oxygen atoms in total. The smallest absolute Gasteiger partial charge is 0.343 e. The summed E-state index contributed by atoms with van der Waals surface area (Å²) in [7, 11) is 0. The molecular formula is C11H14N4O3. The van der Waals surface area contributed by atoms with Gasteiger partial charge in [-0.2, -0.15) is 0 Å². The molecule has 2 fully saturated rings. The molecular weight excluding hydrogens is 236 g/mol. The molecule has 1 N–H and O–H groups in total. The monoisotopic (exact) mass is 250 g/mol. The fourth-order valence-electron chi connectivity index (χ4n) is 3.46. The van der Waals surface area contributed by atoms with E-state index in [0.717, 1.165) is 19.3 Å². The van der Waals surface area contributed by atoms with Gasteiger partial charge in [-0.3, -0.25) is 0 Å². The van der Waals surface area contributed by atoms with E-state index < -0.39 is 4.92 Å². The van der Waals surface area contributed by atoms with E-state index in [4.69, 9.17) is 5.21 Å². The lowest BCUT2D eigenvalue weighted by Crippen LogP contribution is -2.27. The zero-order chi connectivity index (χ0) is 12.9. The summed E-state index contributed by atoms with van der Waals surface area (Å²) in [6.45, 7) is 1.74. The minimum atomic E-state index is -0.430. The summed E-state index contributed by atoms with van der Waals surface area (Å²) in [6.07, 6.45) is 4.28. The number of fused-ring (bicyclic) bond motifs is 2. The lowest BCUT2D eigenvalue weighted by Gasteiger charge is -2.21. The summed E-state index contributed by atoms with van der Waals surface area (Å²) < 4.78 is 1.61. The Hall–Kier alpha value is -1.92. The molecule has 7 heteroatoms. The van der Waals surface area contributed by atoms with Crippen molar-refractivity contribution < 1.29 is 10.1 Å². The zero-order valence-electron chi connectivity index (χ0n) is 9.98. The van der Waals surface area contributed by atoms with E-state index in [1.165, 1.54) is 6.20 Å². The molecule has 0 unspecified atom stereocenters. The van der Waals surface area contributed by atoms with Crippen LogP contribution < -0.4 is 0 Å². The summed E-state index contributed by atoms with van der Waals surface area (Å²) in [6, 6.07) is -0.198. The van der Waals surface area contributed by atoms with Gasteiger partial charge in [0.25, 0.3) is 0 Å². The Morgan fingerprint density at radius 3 is 3.06 bits per heavy atom. The summed E-state index contributed by atoms with van der Waals surface area (Å²) in [5.74, 6) is 1.17. The minimum Gasteiger partial charge on any atom is -0.411 e. The highest BCUT2D eigenvalue weighted by Crippen LogP contribution is 2.50. The molecule has 1 heterocycles. The number of oxime groups is 1. The van der Waals surface area contributed by atoms with Crippen molar-refractivity contribution in [2.45, 2.75) is 32.2 Å². The van der Waals surface area contributed by atoms with Gasteiger partial charge >= 0.3 is 5.82 Å². The number of rotatable bonds is 2. The van der Waals surface area contributed by atoms with Crippen LogP contribution in [0.15, 0.2) is 11.4 Å². The third kappa shape index (κ3) is 1.36.